The van der Waals surface area contributed by atoms with Gasteiger partial charge in [-0.15, -0.1) is 0 Å². The lowest BCUT2D eigenvalue weighted by Crippen LogP contribution is -2.27. The third kappa shape index (κ3) is 6.42. The largest absolute Gasteiger partial charge is 0.497 e. The quantitative estimate of drug-likeness (QED) is 0.410. The molecule has 2 unspecified atom stereocenters. The zero-order valence-corrected chi connectivity index (χ0v) is 18.2. The summed E-state index contributed by atoms with van der Waals surface area (Å²) >= 11 is 0. The molecule has 3 rings (SSSR count). The summed E-state index contributed by atoms with van der Waals surface area (Å²) in [6, 6.07) is 8.30. The number of benzene rings is 1. The van der Waals surface area contributed by atoms with Crippen LogP contribution in [0.5, 0.6) is 5.75 Å². The molecule has 0 bridgehead atoms. The SMILES string of the molecule is COc1ccc(CC(C(=CCCC(ON)C(=O)O)C2CCCCC2)n2ccnc2)cc1. The normalized spacial score (nSPS) is 17.3. The van der Waals surface area contributed by atoms with Crippen LogP contribution >= 0.6 is 0 Å². The van der Waals surface area contributed by atoms with Crippen LogP contribution in [0.4, 0.5) is 0 Å². The monoisotopic (exact) mass is 427 g/mol. The first-order valence-electron chi connectivity index (χ1n) is 11.0. The fourth-order valence-electron chi connectivity index (χ4n) is 4.50. The second-order valence-corrected chi connectivity index (χ2v) is 8.16. The molecule has 0 radical (unpaired) electrons. The van der Waals surface area contributed by atoms with E-state index < -0.39 is 12.1 Å². The molecular formula is C24H33N3O4. The van der Waals surface area contributed by atoms with Gasteiger partial charge >= 0.3 is 5.97 Å². The lowest BCUT2D eigenvalue weighted by Gasteiger charge is -2.31. The van der Waals surface area contributed by atoms with Gasteiger partial charge in [0.25, 0.3) is 0 Å². The number of methoxy groups -OCH3 is 1. The standard InChI is InChI=1S/C24H33N3O4/c1-30-20-12-10-18(11-13-20)16-22(27-15-14-26-17-27)21(19-6-3-2-4-7-19)8-5-9-23(31-25)24(28)29/h8,10-15,17,19,22-23H,2-7,9,16,25H2,1H3,(H,28,29). The van der Waals surface area contributed by atoms with Crippen molar-refractivity contribution in [1.82, 2.24) is 9.55 Å². The topological polar surface area (TPSA) is 99.6 Å². The highest BCUT2D eigenvalue weighted by Gasteiger charge is 2.26. The van der Waals surface area contributed by atoms with Crippen molar-refractivity contribution < 1.29 is 19.5 Å². The molecule has 1 aliphatic rings. The summed E-state index contributed by atoms with van der Waals surface area (Å²) in [5.74, 6) is 5.47. The Morgan fingerprint density at radius 1 is 1.29 bits per heavy atom. The van der Waals surface area contributed by atoms with E-state index in [1.165, 1.54) is 30.4 Å². The molecule has 0 amide bonds. The van der Waals surface area contributed by atoms with Crippen molar-refractivity contribution >= 4 is 5.97 Å². The minimum absolute atomic E-state index is 0.126. The smallest absolute Gasteiger partial charge is 0.334 e. The van der Waals surface area contributed by atoms with Crippen molar-refractivity contribution in [2.75, 3.05) is 7.11 Å². The Balaban J connectivity index is 1.88. The molecule has 0 spiro atoms. The van der Waals surface area contributed by atoms with Crippen molar-refractivity contribution in [3.05, 3.63) is 60.2 Å². The highest BCUT2D eigenvalue weighted by atomic mass is 16.6. The first kappa shape index (κ1) is 23.0. The number of aliphatic carboxylic acids is 1. The second kappa shape index (κ2) is 11.7. The average molecular weight is 428 g/mol. The number of carbonyl (C=O) groups is 1. The Morgan fingerprint density at radius 2 is 2.03 bits per heavy atom. The van der Waals surface area contributed by atoms with Crippen molar-refractivity contribution in [2.45, 2.75) is 63.5 Å². The van der Waals surface area contributed by atoms with Gasteiger partial charge in [0.05, 0.1) is 19.5 Å². The molecule has 3 N–H and O–H groups in total. The Labute approximate surface area is 183 Å². The molecule has 1 fully saturated rings. The zero-order chi connectivity index (χ0) is 22.1. The number of hydrogen-bond donors (Lipinski definition) is 2. The Hall–Kier alpha value is -2.64. The number of imidazole rings is 1. The van der Waals surface area contributed by atoms with Crippen LogP contribution in [0.25, 0.3) is 0 Å². The van der Waals surface area contributed by atoms with E-state index in [4.69, 9.17) is 10.6 Å². The third-order valence-electron chi connectivity index (χ3n) is 6.18. The Kier molecular flexibility index (Phi) is 8.67. The van der Waals surface area contributed by atoms with Crippen LogP contribution in [0, 0.1) is 5.92 Å². The van der Waals surface area contributed by atoms with Gasteiger partial charge in [-0.2, -0.15) is 0 Å². The van der Waals surface area contributed by atoms with Crippen LogP contribution in [-0.4, -0.2) is 33.8 Å². The van der Waals surface area contributed by atoms with E-state index in [0.717, 1.165) is 25.0 Å². The minimum atomic E-state index is -1.03. The molecule has 0 saturated heterocycles. The van der Waals surface area contributed by atoms with E-state index in [9.17, 15) is 9.90 Å². The molecule has 1 aliphatic carbocycles. The van der Waals surface area contributed by atoms with E-state index in [1.54, 1.807) is 7.11 Å². The van der Waals surface area contributed by atoms with Crippen molar-refractivity contribution in [3.8, 4) is 5.75 Å². The predicted molar refractivity (Wildman–Crippen MR) is 119 cm³/mol. The molecule has 0 aliphatic heterocycles. The number of aromatic nitrogens is 2. The Bertz CT molecular complexity index is 827. The van der Waals surface area contributed by atoms with Gasteiger partial charge in [0.2, 0.25) is 0 Å². The van der Waals surface area contributed by atoms with Gasteiger partial charge in [-0.25, -0.2) is 15.7 Å². The minimum Gasteiger partial charge on any atom is -0.497 e. The van der Waals surface area contributed by atoms with Gasteiger partial charge in [-0.3, -0.25) is 4.84 Å². The molecule has 1 heterocycles. The van der Waals surface area contributed by atoms with Crippen LogP contribution < -0.4 is 10.6 Å². The highest BCUT2D eigenvalue weighted by Crippen LogP contribution is 2.37. The van der Waals surface area contributed by atoms with Gasteiger partial charge in [-0.1, -0.05) is 37.5 Å². The Morgan fingerprint density at radius 3 is 2.61 bits per heavy atom. The summed E-state index contributed by atoms with van der Waals surface area (Å²) in [4.78, 5) is 20.2. The number of hydrogen-bond acceptors (Lipinski definition) is 5. The van der Waals surface area contributed by atoms with Gasteiger partial charge < -0.3 is 14.4 Å². The number of rotatable bonds is 11. The molecule has 7 heteroatoms. The second-order valence-electron chi connectivity index (χ2n) is 8.16. The maximum absolute atomic E-state index is 11.3. The van der Waals surface area contributed by atoms with Gasteiger partial charge in [-0.05, 0) is 61.3 Å². The van der Waals surface area contributed by atoms with E-state index in [1.807, 2.05) is 30.9 Å². The molecule has 7 nitrogen and oxygen atoms in total. The van der Waals surface area contributed by atoms with Crippen LogP contribution in [0.15, 0.2) is 54.6 Å². The van der Waals surface area contributed by atoms with E-state index in [2.05, 4.69) is 32.6 Å². The predicted octanol–water partition coefficient (Wildman–Crippen LogP) is 4.31. The van der Waals surface area contributed by atoms with E-state index >= 15 is 0 Å². The number of nitrogens with two attached hydrogens (primary N) is 1. The van der Waals surface area contributed by atoms with E-state index in [0.29, 0.717) is 18.8 Å². The zero-order valence-electron chi connectivity index (χ0n) is 18.2. The van der Waals surface area contributed by atoms with Crippen molar-refractivity contribution in [3.63, 3.8) is 0 Å². The summed E-state index contributed by atoms with van der Waals surface area (Å²) < 4.78 is 7.46. The van der Waals surface area contributed by atoms with Gasteiger partial charge in [0.15, 0.2) is 6.10 Å². The number of carboxylic acid groups (broad SMARTS) is 1. The van der Waals surface area contributed by atoms with Gasteiger partial charge in [0, 0.05) is 12.4 Å². The van der Waals surface area contributed by atoms with Crippen molar-refractivity contribution in [2.24, 2.45) is 11.8 Å². The molecule has 2 atom stereocenters. The summed E-state index contributed by atoms with van der Waals surface area (Å²) in [6.45, 7) is 0. The third-order valence-corrected chi connectivity index (χ3v) is 6.18. The molecule has 168 valence electrons. The van der Waals surface area contributed by atoms with Crippen LogP contribution in [0.1, 0.15) is 56.6 Å². The van der Waals surface area contributed by atoms with Crippen LogP contribution in [0.2, 0.25) is 0 Å². The lowest BCUT2D eigenvalue weighted by molar-refractivity contribution is -0.151. The first-order valence-corrected chi connectivity index (χ1v) is 11.0. The van der Waals surface area contributed by atoms with E-state index in [-0.39, 0.29) is 6.04 Å². The van der Waals surface area contributed by atoms with Gasteiger partial charge in [0.1, 0.15) is 5.75 Å². The van der Waals surface area contributed by atoms with Crippen molar-refractivity contribution in [1.29, 1.82) is 0 Å². The summed E-state index contributed by atoms with van der Waals surface area (Å²) in [5.41, 5.74) is 2.57. The first-order chi connectivity index (χ1) is 15.1. The molecule has 1 aromatic carbocycles. The summed E-state index contributed by atoms with van der Waals surface area (Å²) in [5, 5.41) is 9.24. The maximum atomic E-state index is 11.3. The fourth-order valence-corrected chi connectivity index (χ4v) is 4.50. The number of ether oxygens (including phenoxy) is 1. The highest BCUT2D eigenvalue weighted by molar-refractivity contribution is 5.72. The lowest BCUT2D eigenvalue weighted by atomic mass is 9.79. The number of allylic oxidation sites excluding steroid dienone is 2. The molecular weight excluding hydrogens is 394 g/mol. The fraction of sp³-hybridized carbons (Fsp3) is 0.500. The molecule has 2 aromatic rings. The average Bonchev–Trinajstić information content (AvgIpc) is 3.33. The maximum Gasteiger partial charge on any atom is 0.334 e. The number of nitrogens with zero attached hydrogens (tertiary/aromatic N) is 2. The summed E-state index contributed by atoms with van der Waals surface area (Å²) in [6.07, 6.45) is 14.8. The molecule has 31 heavy (non-hydrogen) atoms. The van der Waals surface area contributed by atoms with Crippen LogP contribution in [-0.2, 0) is 16.1 Å². The molecule has 1 aromatic heterocycles. The number of carboxylic acids is 1. The summed E-state index contributed by atoms with van der Waals surface area (Å²) in [7, 11) is 1.67. The van der Waals surface area contributed by atoms with Crippen LogP contribution in [0.3, 0.4) is 0 Å². The molecule has 1 saturated carbocycles.